The van der Waals surface area contributed by atoms with Gasteiger partial charge in [-0.1, -0.05) is 26.8 Å². The molecular weight excluding hydrogens is 242 g/mol. The molecule has 2 aromatic heterocycles. The van der Waals surface area contributed by atoms with Crippen molar-refractivity contribution in [2.24, 2.45) is 0 Å². The number of pyridine rings is 1. The molecule has 2 rings (SSSR count). The van der Waals surface area contributed by atoms with Crippen LogP contribution in [-0.2, 0) is 11.8 Å². The number of thiazole rings is 1. The van der Waals surface area contributed by atoms with Crippen molar-refractivity contribution in [3.8, 4) is 0 Å². The van der Waals surface area contributed by atoms with Crippen LogP contribution in [0.1, 0.15) is 42.7 Å². The standard InChI is InChI=1S/C14H19N3S/c1-9-10(5-6-12(15)16-9)7-13-17-11(8-18-13)14(2,3)4/h5-6,8H,7H2,1-4H3,(H2,15,16). The maximum Gasteiger partial charge on any atom is 0.123 e. The Hall–Kier alpha value is -1.42. The van der Waals surface area contributed by atoms with Crippen molar-refractivity contribution in [2.75, 3.05) is 5.73 Å². The second-order valence-electron chi connectivity index (χ2n) is 5.53. The molecule has 18 heavy (non-hydrogen) atoms. The maximum absolute atomic E-state index is 5.66. The minimum atomic E-state index is 0.114. The molecule has 0 bridgehead atoms. The Morgan fingerprint density at radius 3 is 2.50 bits per heavy atom. The number of nitrogens with two attached hydrogens (primary N) is 1. The summed E-state index contributed by atoms with van der Waals surface area (Å²) in [5.41, 5.74) is 9.11. The van der Waals surface area contributed by atoms with Gasteiger partial charge in [0.2, 0.25) is 0 Å². The van der Waals surface area contributed by atoms with Gasteiger partial charge in [-0.15, -0.1) is 11.3 Å². The molecule has 0 fully saturated rings. The van der Waals surface area contributed by atoms with Crippen LogP contribution in [0.3, 0.4) is 0 Å². The highest BCUT2D eigenvalue weighted by Gasteiger charge is 2.17. The smallest absolute Gasteiger partial charge is 0.123 e. The summed E-state index contributed by atoms with van der Waals surface area (Å²) in [5, 5.41) is 3.28. The van der Waals surface area contributed by atoms with E-state index in [1.165, 1.54) is 5.56 Å². The quantitative estimate of drug-likeness (QED) is 0.902. The molecule has 0 spiro atoms. The van der Waals surface area contributed by atoms with Gasteiger partial charge in [-0.3, -0.25) is 0 Å². The topological polar surface area (TPSA) is 51.8 Å². The van der Waals surface area contributed by atoms with E-state index < -0.39 is 0 Å². The van der Waals surface area contributed by atoms with Crippen molar-refractivity contribution in [3.05, 3.63) is 39.5 Å². The second kappa shape index (κ2) is 4.69. The molecule has 4 heteroatoms. The Balaban J connectivity index is 2.21. The summed E-state index contributed by atoms with van der Waals surface area (Å²) in [7, 11) is 0. The van der Waals surface area contributed by atoms with Crippen LogP contribution >= 0.6 is 11.3 Å². The molecule has 2 aromatic rings. The highest BCUT2D eigenvalue weighted by atomic mass is 32.1. The normalized spacial score (nSPS) is 11.8. The Bertz CT molecular complexity index is 552. The molecule has 3 nitrogen and oxygen atoms in total. The highest BCUT2D eigenvalue weighted by Crippen LogP contribution is 2.25. The first-order chi connectivity index (χ1) is 8.36. The summed E-state index contributed by atoms with van der Waals surface area (Å²) in [6, 6.07) is 3.89. The molecule has 0 saturated heterocycles. The second-order valence-corrected chi connectivity index (χ2v) is 6.48. The number of nitrogens with zero attached hydrogens (tertiary/aromatic N) is 2. The molecule has 0 aliphatic heterocycles. The average Bonchev–Trinajstić information content (AvgIpc) is 2.70. The monoisotopic (exact) mass is 261 g/mol. The van der Waals surface area contributed by atoms with Crippen molar-refractivity contribution in [2.45, 2.75) is 39.5 Å². The molecular formula is C14H19N3S. The summed E-state index contributed by atoms with van der Waals surface area (Å²) < 4.78 is 0. The van der Waals surface area contributed by atoms with E-state index in [0.717, 1.165) is 22.8 Å². The predicted octanol–water partition coefficient (Wildman–Crippen LogP) is 3.32. The minimum Gasteiger partial charge on any atom is -0.384 e. The maximum atomic E-state index is 5.66. The van der Waals surface area contributed by atoms with Crippen LogP contribution in [0.15, 0.2) is 17.5 Å². The Morgan fingerprint density at radius 1 is 1.22 bits per heavy atom. The van der Waals surface area contributed by atoms with Crippen molar-refractivity contribution < 1.29 is 0 Å². The molecule has 0 aliphatic carbocycles. The lowest BCUT2D eigenvalue weighted by molar-refractivity contribution is 0.571. The highest BCUT2D eigenvalue weighted by molar-refractivity contribution is 7.09. The number of rotatable bonds is 2. The van der Waals surface area contributed by atoms with Crippen LogP contribution in [0.25, 0.3) is 0 Å². The summed E-state index contributed by atoms with van der Waals surface area (Å²) >= 11 is 1.71. The fourth-order valence-corrected chi connectivity index (χ4v) is 2.74. The molecule has 96 valence electrons. The van der Waals surface area contributed by atoms with Gasteiger partial charge in [0.05, 0.1) is 10.7 Å². The van der Waals surface area contributed by atoms with Gasteiger partial charge in [0.1, 0.15) is 5.82 Å². The molecule has 0 aliphatic rings. The van der Waals surface area contributed by atoms with Gasteiger partial charge >= 0.3 is 0 Å². The third kappa shape index (κ3) is 2.88. The lowest BCUT2D eigenvalue weighted by Gasteiger charge is -2.14. The minimum absolute atomic E-state index is 0.114. The molecule has 2 N–H and O–H groups in total. The van der Waals surface area contributed by atoms with E-state index in [0.29, 0.717) is 5.82 Å². The van der Waals surface area contributed by atoms with Gasteiger partial charge in [0.15, 0.2) is 0 Å². The fraction of sp³-hybridized carbons (Fsp3) is 0.429. The summed E-state index contributed by atoms with van der Waals surface area (Å²) in [6.07, 6.45) is 0.833. The fourth-order valence-electron chi connectivity index (χ4n) is 1.70. The molecule has 0 atom stereocenters. The number of aryl methyl sites for hydroxylation is 1. The first kappa shape index (κ1) is 13.0. The third-order valence-electron chi connectivity index (χ3n) is 2.88. The summed E-state index contributed by atoms with van der Waals surface area (Å²) in [6.45, 7) is 8.54. The first-order valence-electron chi connectivity index (χ1n) is 6.03. The number of anilines is 1. The van der Waals surface area contributed by atoms with Gasteiger partial charge in [-0.25, -0.2) is 9.97 Å². The molecule has 0 radical (unpaired) electrons. The van der Waals surface area contributed by atoms with E-state index in [4.69, 9.17) is 10.7 Å². The lowest BCUT2D eigenvalue weighted by atomic mass is 9.93. The molecule has 0 aromatic carbocycles. The van der Waals surface area contributed by atoms with E-state index in [1.807, 2.05) is 19.1 Å². The molecule has 0 amide bonds. The lowest BCUT2D eigenvalue weighted by Crippen LogP contribution is -2.11. The van der Waals surface area contributed by atoms with Gasteiger partial charge in [-0.2, -0.15) is 0 Å². The number of hydrogen-bond donors (Lipinski definition) is 1. The SMILES string of the molecule is Cc1nc(N)ccc1Cc1nc(C(C)(C)C)cs1. The zero-order valence-electron chi connectivity index (χ0n) is 11.3. The van der Waals surface area contributed by atoms with Crippen LogP contribution in [0, 0.1) is 6.92 Å². The van der Waals surface area contributed by atoms with Crippen LogP contribution in [0.5, 0.6) is 0 Å². The van der Waals surface area contributed by atoms with Crippen molar-refractivity contribution in [1.82, 2.24) is 9.97 Å². The molecule has 2 heterocycles. The van der Waals surface area contributed by atoms with Gasteiger partial charge < -0.3 is 5.73 Å². The average molecular weight is 261 g/mol. The zero-order chi connectivity index (χ0) is 13.3. The van der Waals surface area contributed by atoms with Gasteiger partial charge in [-0.05, 0) is 18.6 Å². The zero-order valence-corrected chi connectivity index (χ0v) is 12.1. The number of nitrogen functional groups attached to an aromatic ring is 1. The van der Waals surface area contributed by atoms with Crippen LogP contribution in [-0.4, -0.2) is 9.97 Å². The summed E-state index contributed by atoms with van der Waals surface area (Å²) in [5.74, 6) is 0.575. The number of hydrogen-bond acceptors (Lipinski definition) is 4. The largest absolute Gasteiger partial charge is 0.384 e. The first-order valence-corrected chi connectivity index (χ1v) is 6.91. The van der Waals surface area contributed by atoms with Gasteiger partial charge in [0, 0.05) is 22.9 Å². The van der Waals surface area contributed by atoms with E-state index in [1.54, 1.807) is 11.3 Å². The van der Waals surface area contributed by atoms with E-state index in [2.05, 4.69) is 31.1 Å². The van der Waals surface area contributed by atoms with Crippen LogP contribution < -0.4 is 5.73 Å². The van der Waals surface area contributed by atoms with E-state index in [-0.39, 0.29) is 5.41 Å². The Labute approximate surface area is 112 Å². The van der Waals surface area contributed by atoms with Gasteiger partial charge in [0.25, 0.3) is 0 Å². The summed E-state index contributed by atoms with van der Waals surface area (Å²) in [4.78, 5) is 8.98. The van der Waals surface area contributed by atoms with Crippen molar-refractivity contribution in [3.63, 3.8) is 0 Å². The Morgan fingerprint density at radius 2 is 1.94 bits per heavy atom. The van der Waals surface area contributed by atoms with Crippen LogP contribution in [0.2, 0.25) is 0 Å². The van der Waals surface area contributed by atoms with E-state index >= 15 is 0 Å². The van der Waals surface area contributed by atoms with Crippen molar-refractivity contribution >= 4 is 17.2 Å². The Kier molecular flexibility index (Phi) is 3.39. The molecule has 0 unspecified atom stereocenters. The van der Waals surface area contributed by atoms with Crippen molar-refractivity contribution in [1.29, 1.82) is 0 Å². The third-order valence-corrected chi connectivity index (χ3v) is 3.73. The molecule has 0 saturated carbocycles. The number of aromatic nitrogens is 2. The van der Waals surface area contributed by atoms with E-state index in [9.17, 15) is 0 Å². The predicted molar refractivity (Wildman–Crippen MR) is 77.0 cm³/mol. The van der Waals surface area contributed by atoms with Crippen LogP contribution in [0.4, 0.5) is 5.82 Å².